The fourth-order valence-corrected chi connectivity index (χ4v) is 2.86. The lowest BCUT2D eigenvalue weighted by atomic mass is 10.1. The summed E-state index contributed by atoms with van der Waals surface area (Å²) in [7, 11) is 0. The maximum absolute atomic E-state index is 12.4. The molecule has 0 unspecified atom stereocenters. The smallest absolute Gasteiger partial charge is 0.270 e. The van der Waals surface area contributed by atoms with Crippen molar-refractivity contribution in [1.82, 2.24) is 0 Å². The molecule has 2 aromatic carbocycles. The Hall–Kier alpha value is -4.20. The average Bonchev–Trinajstić information content (AvgIpc) is 3.20. The van der Waals surface area contributed by atoms with Crippen LogP contribution in [0.2, 0.25) is 0 Å². The molecule has 0 aliphatic carbocycles. The van der Waals surface area contributed by atoms with E-state index in [4.69, 9.17) is 9.15 Å². The van der Waals surface area contributed by atoms with Crippen molar-refractivity contribution in [3.8, 4) is 17.1 Å². The van der Waals surface area contributed by atoms with Crippen LogP contribution in [0.3, 0.4) is 0 Å². The van der Waals surface area contributed by atoms with Gasteiger partial charge in [0.05, 0.1) is 10.6 Å². The Kier molecular flexibility index (Phi) is 4.66. The topological polar surface area (TPSA) is 112 Å². The zero-order valence-electron chi connectivity index (χ0n) is 15.0. The summed E-state index contributed by atoms with van der Waals surface area (Å²) in [6, 6.07) is 14.2. The van der Waals surface area contributed by atoms with Crippen molar-refractivity contribution in [3.05, 3.63) is 82.1 Å². The molecule has 0 radical (unpaired) electrons. The van der Waals surface area contributed by atoms with E-state index >= 15 is 0 Å². The molecule has 0 saturated carbocycles. The maximum atomic E-state index is 12.4. The molecule has 1 N–H and O–H groups in total. The molecule has 1 aromatic heterocycles. The largest absolute Gasteiger partial charge is 0.482 e. The number of anilines is 1. The minimum atomic E-state index is -0.474. The number of hydrogen-bond donors (Lipinski definition) is 1. The number of ketones is 1. The number of non-ortho nitro benzene ring substituents is 1. The summed E-state index contributed by atoms with van der Waals surface area (Å²) in [6.45, 7) is -0.0500. The van der Waals surface area contributed by atoms with E-state index in [9.17, 15) is 19.7 Å². The summed E-state index contributed by atoms with van der Waals surface area (Å²) in [6.07, 6.45) is 2.86. The van der Waals surface area contributed by atoms with E-state index in [0.717, 1.165) is 0 Å². The van der Waals surface area contributed by atoms with Crippen LogP contribution in [0.15, 0.2) is 65.1 Å². The number of nitrogens with one attached hydrogen (secondary N) is 1. The van der Waals surface area contributed by atoms with E-state index in [1.54, 1.807) is 42.5 Å². The molecular weight excluding hydrogens is 376 g/mol. The van der Waals surface area contributed by atoms with E-state index in [0.29, 0.717) is 34.1 Å². The number of nitro groups is 1. The van der Waals surface area contributed by atoms with Crippen LogP contribution >= 0.6 is 0 Å². The third-order valence-corrected chi connectivity index (χ3v) is 4.26. The van der Waals surface area contributed by atoms with Crippen LogP contribution in [0.1, 0.15) is 16.1 Å². The van der Waals surface area contributed by atoms with Crippen LogP contribution in [0.25, 0.3) is 17.4 Å². The fourth-order valence-electron chi connectivity index (χ4n) is 2.86. The zero-order chi connectivity index (χ0) is 20.4. The van der Waals surface area contributed by atoms with E-state index in [1.165, 1.54) is 24.3 Å². The Labute approximate surface area is 164 Å². The van der Waals surface area contributed by atoms with Crippen LogP contribution in [-0.2, 0) is 4.79 Å². The standard InChI is InChI=1S/C21H14N2O6/c24-18(13-4-8-20-17(11-13)22-21(25)12-28-20)7-5-16-6-9-19(29-16)14-2-1-3-15(10-14)23(26)27/h1-11H,12H2,(H,22,25)/b7-5+. The lowest BCUT2D eigenvalue weighted by Gasteiger charge is -2.17. The lowest BCUT2D eigenvalue weighted by molar-refractivity contribution is -0.384. The average molecular weight is 390 g/mol. The van der Waals surface area contributed by atoms with Gasteiger partial charge in [0, 0.05) is 23.3 Å². The van der Waals surface area contributed by atoms with Crippen LogP contribution in [0.4, 0.5) is 11.4 Å². The molecule has 144 valence electrons. The first kappa shape index (κ1) is 18.2. The Morgan fingerprint density at radius 1 is 1.14 bits per heavy atom. The summed E-state index contributed by atoms with van der Waals surface area (Å²) in [4.78, 5) is 34.3. The summed E-state index contributed by atoms with van der Waals surface area (Å²) in [5.41, 5.74) is 1.37. The van der Waals surface area contributed by atoms with Gasteiger partial charge in [-0.15, -0.1) is 0 Å². The molecule has 29 heavy (non-hydrogen) atoms. The van der Waals surface area contributed by atoms with Crippen molar-refractivity contribution in [2.45, 2.75) is 0 Å². The Bertz CT molecular complexity index is 1160. The second-order valence-corrected chi connectivity index (χ2v) is 6.25. The number of carbonyl (C=O) groups excluding carboxylic acids is 2. The van der Waals surface area contributed by atoms with Crippen molar-refractivity contribution in [2.75, 3.05) is 11.9 Å². The Balaban J connectivity index is 1.51. The number of rotatable bonds is 5. The number of amides is 1. The molecule has 1 amide bonds. The van der Waals surface area contributed by atoms with Gasteiger partial charge in [0.2, 0.25) is 0 Å². The third-order valence-electron chi connectivity index (χ3n) is 4.26. The number of allylic oxidation sites excluding steroid dienone is 1. The van der Waals surface area contributed by atoms with Gasteiger partial charge >= 0.3 is 0 Å². The second-order valence-electron chi connectivity index (χ2n) is 6.25. The highest BCUT2D eigenvalue weighted by Crippen LogP contribution is 2.29. The van der Waals surface area contributed by atoms with Crippen molar-refractivity contribution >= 4 is 29.1 Å². The predicted molar refractivity (Wildman–Crippen MR) is 105 cm³/mol. The molecule has 4 rings (SSSR count). The molecule has 8 heteroatoms. The lowest BCUT2D eigenvalue weighted by Crippen LogP contribution is -2.25. The quantitative estimate of drug-likeness (QED) is 0.304. The number of benzene rings is 2. The minimum Gasteiger partial charge on any atom is -0.482 e. The number of nitro benzene ring substituents is 1. The van der Waals surface area contributed by atoms with Crippen molar-refractivity contribution in [3.63, 3.8) is 0 Å². The number of furan rings is 1. The van der Waals surface area contributed by atoms with E-state index in [-0.39, 0.29) is 24.0 Å². The summed E-state index contributed by atoms with van der Waals surface area (Å²) in [5.74, 6) is 0.837. The molecule has 3 aromatic rings. The highest BCUT2D eigenvalue weighted by molar-refractivity contribution is 6.08. The van der Waals surface area contributed by atoms with Crippen molar-refractivity contribution in [2.24, 2.45) is 0 Å². The van der Waals surface area contributed by atoms with E-state index < -0.39 is 4.92 Å². The van der Waals surface area contributed by atoms with Gasteiger partial charge in [0.15, 0.2) is 12.4 Å². The first-order valence-corrected chi connectivity index (χ1v) is 8.63. The van der Waals surface area contributed by atoms with Crippen molar-refractivity contribution < 1.29 is 23.7 Å². The number of carbonyl (C=O) groups is 2. The fraction of sp³-hybridized carbons (Fsp3) is 0.0476. The summed E-state index contributed by atoms with van der Waals surface area (Å²) in [5, 5.41) is 13.6. The molecule has 0 bridgehead atoms. The van der Waals surface area contributed by atoms with Gasteiger partial charge in [-0.1, -0.05) is 12.1 Å². The van der Waals surface area contributed by atoms with Gasteiger partial charge in [-0.3, -0.25) is 19.7 Å². The number of hydrogen-bond acceptors (Lipinski definition) is 6. The first-order valence-electron chi connectivity index (χ1n) is 8.63. The highest BCUT2D eigenvalue weighted by Gasteiger charge is 2.17. The third kappa shape index (κ3) is 3.91. The van der Waals surface area contributed by atoms with Crippen LogP contribution < -0.4 is 10.1 Å². The van der Waals surface area contributed by atoms with Gasteiger partial charge in [0.1, 0.15) is 17.3 Å². The summed E-state index contributed by atoms with van der Waals surface area (Å²) < 4.78 is 10.9. The Morgan fingerprint density at radius 3 is 2.83 bits per heavy atom. The predicted octanol–water partition coefficient (Wildman–Crippen LogP) is 4.08. The molecule has 8 nitrogen and oxygen atoms in total. The van der Waals surface area contributed by atoms with Crippen LogP contribution in [0.5, 0.6) is 5.75 Å². The SMILES string of the molecule is O=C1COc2ccc(C(=O)/C=C/c3ccc(-c4cccc([N+](=O)[O-])c4)o3)cc2N1. The number of ether oxygens (including phenoxy) is 1. The van der Waals surface area contributed by atoms with Gasteiger partial charge in [-0.25, -0.2) is 0 Å². The van der Waals surface area contributed by atoms with E-state index in [1.807, 2.05) is 0 Å². The maximum Gasteiger partial charge on any atom is 0.270 e. The van der Waals surface area contributed by atoms with Crippen LogP contribution in [-0.4, -0.2) is 23.2 Å². The molecule has 1 aliphatic rings. The molecule has 1 aliphatic heterocycles. The van der Waals surface area contributed by atoms with Crippen molar-refractivity contribution in [1.29, 1.82) is 0 Å². The van der Waals surface area contributed by atoms with Crippen LogP contribution in [0, 0.1) is 10.1 Å². The zero-order valence-corrected chi connectivity index (χ0v) is 15.0. The van der Waals surface area contributed by atoms with Gasteiger partial charge in [-0.2, -0.15) is 0 Å². The monoisotopic (exact) mass is 390 g/mol. The highest BCUT2D eigenvalue weighted by atomic mass is 16.6. The second kappa shape index (κ2) is 7.43. The minimum absolute atomic E-state index is 0.0327. The summed E-state index contributed by atoms with van der Waals surface area (Å²) >= 11 is 0. The molecule has 0 saturated heterocycles. The molecule has 2 heterocycles. The Morgan fingerprint density at radius 2 is 2.00 bits per heavy atom. The number of nitrogens with zero attached hydrogens (tertiary/aromatic N) is 1. The molecule has 0 fully saturated rings. The van der Waals surface area contributed by atoms with Gasteiger partial charge in [-0.05, 0) is 42.5 Å². The molecule has 0 atom stereocenters. The van der Waals surface area contributed by atoms with E-state index in [2.05, 4.69) is 5.32 Å². The molecule has 0 spiro atoms. The van der Waals surface area contributed by atoms with Gasteiger partial charge < -0.3 is 14.5 Å². The first-order chi connectivity index (χ1) is 14.0. The normalized spacial score (nSPS) is 12.9. The number of fused-ring (bicyclic) bond motifs is 1. The van der Waals surface area contributed by atoms with Gasteiger partial charge in [0.25, 0.3) is 11.6 Å². The molecular formula is C21H14N2O6.